The molecule has 1 unspecified atom stereocenters. The maximum Gasteiger partial charge on any atom is 0.253 e. The van der Waals surface area contributed by atoms with Gasteiger partial charge in [0.25, 0.3) is 5.91 Å². The van der Waals surface area contributed by atoms with Crippen LogP contribution in [0.15, 0.2) is 115 Å². The van der Waals surface area contributed by atoms with Crippen LogP contribution in [0.5, 0.6) is 0 Å². The molecule has 0 aliphatic carbocycles. The fourth-order valence-corrected chi connectivity index (χ4v) is 6.45. The minimum Gasteiger partial charge on any atom is -0.336 e. The minimum atomic E-state index is -0.177. The molecule has 2 heterocycles. The van der Waals surface area contributed by atoms with E-state index in [1.807, 2.05) is 23.1 Å². The summed E-state index contributed by atoms with van der Waals surface area (Å²) in [5, 5.41) is 0. The Bertz CT molecular complexity index is 1310. The number of nitrogens with zero attached hydrogens (tertiary/aromatic N) is 3. The monoisotopic (exact) mass is 501 g/mol. The van der Waals surface area contributed by atoms with Crippen LogP contribution in [0.3, 0.4) is 0 Å². The molecular formula is C34H35N3O. The van der Waals surface area contributed by atoms with Gasteiger partial charge in [0.05, 0.1) is 5.54 Å². The second-order valence-corrected chi connectivity index (χ2v) is 10.6. The van der Waals surface area contributed by atoms with Gasteiger partial charge in [-0.2, -0.15) is 0 Å². The van der Waals surface area contributed by atoms with E-state index >= 15 is 0 Å². The zero-order chi connectivity index (χ0) is 26.0. The van der Waals surface area contributed by atoms with Crippen molar-refractivity contribution < 1.29 is 4.79 Å². The number of likely N-dealkylation sites (N-methyl/N-ethyl adjacent to an activating group) is 1. The zero-order valence-electron chi connectivity index (χ0n) is 22.0. The van der Waals surface area contributed by atoms with Crippen LogP contribution in [0.25, 0.3) is 0 Å². The Morgan fingerprint density at radius 3 is 1.71 bits per heavy atom. The third kappa shape index (κ3) is 4.44. The Morgan fingerprint density at radius 1 is 0.684 bits per heavy atom. The molecule has 2 aliphatic rings. The fraction of sp³-hybridized carbons (Fsp3) is 0.265. The zero-order valence-corrected chi connectivity index (χ0v) is 22.0. The smallest absolute Gasteiger partial charge is 0.253 e. The molecule has 6 rings (SSSR count). The van der Waals surface area contributed by atoms with Gasteiger partial charge in [-0.25, -0.2) is 0 Å². The molecule has 0 saturated carbocycles. The first kappa shape index (κ1) is 24.6. The molecule has 2 saturated heterocycles. The average Bonchev–Trinajstić information content (AvgIpc) is 2.98. The number of likely N-dealkylation sites (tertiary alicyclic amines) is 1. The van der Waals surface area contributed by atoms with Gasteiger partial charge < -0.3 is 4.90 Å². The lowest BCUT2D eigenvalue weighted by Gasteiger charge is -2.62. The highest BCUT2D eigenvalue weighted by Crippen LogP contribution is 2.47. The predicted molar refractivity (Wildman–Crippen MR) is 153 cm³/mol. The highest BCUT2D eigenvalue weighted by atomic mass is 16.2. The third-order valence-corrected chi connectivity index (χ3v) is 8.45. The lowest BCUT2D eigenvalue weighted by atomic mass is 9.68. The molecule has 2 fully saturated rings. The normalized spacial score (nSPS) is 19.6. The summed E-state index contributed by atoms with van der Waals surface area (Å²) in [6, 6.07) is 40.8. The largest absolute Gasteiger partial charge is 0.336 e. The summed E-state index contributed by atoms with van der Waals surface area (Å²) in [5.41, 5.74) is 5.78. The fourth-order valence-electron chi connectivity index (χ4n) is 6.45. The molecule has 4 nitrogen and oxygen atoms in total. The lowest BCUT2D eigenvalue weighted by Crippen LogP contribution is -2.74. The van der Waals surface area contributed by atoms with Crippen LogP contribution in [0, 0.1) is 0 Å². The average molecular weight is 502 g/mol. The summed E-state index contributed by atoms with van der Waals surface area (Å²) >= 11 is 0. The van der Waals surface area contributed by atoms with Crippen molar-refractivity contribution in [3.8, 4) is 0 Å². The summed E-state index contributed by atoms with van der Waals surface area (Å²) in [7, 11) is 2.23. The van der Waals surface area contributed by atoms with E-state index in [2.05, 4.69) is 114 Å². The van der Waals surface area contributed by atoms with E-state index in [0.29, 0.717) is 6.04 Å². The van der Waals surface area contributed by atoms with Gasteiger partial charge in [0.2, 0.25) is 0 Å². The van der Waals surface area contributed by atoms with Gasteiger partial charge in [-0.3, -0.25) is 14.6 Å². The standard InChI is InChI=1S/C34H35N3O/c1-35-26-32(34(35,30-13-7-3-8-14-30)31-15-9-4-10-16-31)36-21-23-37(24-22-36)33(38)29-19-17-28(18-20-29)25-27-11-5-2-6-12-27/h2-20,32H,21-26H2,1H3. The Kier molecular flexibility index (Phi) is 6.84. The SMILES string of the molecule is CN1CC(N2CCN(C(=O)c3ccc(Cc4ccccc4)cc3)CC2)C1(c1ccccc1)c1ccccc1. The molecule has 0 N–H and O–H groups in total. The summed E-state index contributed by atoms with van der Waals surface area (Å²) < 4.78 is 0. The van der Waals surface area contributed by atoms with Crippen molar-refractivity contribution >= 4 is 5.91 Å². The van der Waals surface area contributed by atoms with E-state index in [9.17, 15) is 4.79 Å². The number of amides is 1. The van der Waals surface area contributed by atoms with Gasteiger partial charge >= 0.3 is 0 Å². The molecule has 4 aromatic carbocycles. The van der Waals surface area contributed by atoms with Gasteiger partial charge in [0, 0.05) is 44.3 Å². The van der Waals surface area contributed by atoms with Crippen molar-refractivity contribution in [2.45, 2.75) is 18.0 Å². The first-order valence-electron chi connectivity index (χ1n) is 13.6. The van der Waals surface area contributed by atoms with E-state index in [4.69, 9.17) is 0 Å². The van der Waals surface area contributed by atoms with Crippen LogP contribution in [0.1, 0.15) is 32.6 Å². The summed E-state index contributed by atoms with van der Waals surface area (Å²) in [6.07, 6.45) is 0.883. The molecule has 0 aromatic heterocycles. The Balaban J connectivity index is 1.15. The number of carbonyl (C=O) groups is 1. The molecule has 0 spiro atoms. The highest BCUT2D eigenvalue weighted by molar-refractivity contribution is 5.94. The molecule has 4 heteroatoms. The molecule has 2 aliphatic heterocycles. The van der Waals surface area contributed by atoms with Crippen molar-refractivity contribution in [2.75, 3.05) is 39.8 Å². The number of rotatable bonds is 6. The minimum absolute atomic E-state index is 0.138. The van der Waals surface area contributed by atoms with Crippen molar-refractivity contribution in [3.63, 3.8) is 0 Å². The van der Waals surface area contributed by atoms with Crippen LogP contribution >= 0.6 is 0 Å². The third-order valence-electron chi connectivity index (χ3n) is 8.45. The van der Waals surface area contributed by atoms with E-state index < -0.39 is 0 Å². The maximum atomic E-state index is 13.4. The molecule has 38 heavy (non-hydrogen) atoms. The summed E-state index contributed by atoms with van der Waals surface area (Å²) in [5.74, 6) is 0.138. The number of carbonyl (C=O) groups excluding carboxylic acids is 1. The molecule has 1 amide bonds. The van der Waals surface area contributed by atoms with E-state index in [1.54, 1.807) is 0 Å². The van der Waals surface area contributed by atoms with Crippen LogP contribution in [0.4, 0.5) is 0 Å². The first-order valence-corrected chi connectivity index (χ1v) is 13.6. The predicted octanol–water partition coefficient (Wildman–Crippen LogP) is 5.29. The Hall–Kier alpha value is -3.73. The Labute approximate surface area is 226 Å². The first-order chi connectivity index (χ1) is 18.7. The van der Waals surface area contributed by atoms with Gasteiger partial charge in [0.1, 0.15) is 0 Å². The quantitative estimate of drug-likeness (QED) is 0.359. The highest BCUT2D eigenvalue weighted by Gasteiger charge is 2.56. The number of hydrogen-bond acceptors (Lipinski definition) is 3. The molecule has 192 valence electrons. The van der Waals surface area contributed by atoms with Crippen LogP contribution < -0.4 is 0 Å². The Morgan fingerprint density at radius 2 is 1.18 bits per heavy atom. The topological polar surface area (TPSA) is 26.8 Å². The summed E-state index contributed by atoms with van der Waals surface area (Å²) in [4.78, 5) is 20.5. The number of piperazine rings is 1. The molecule has 0 radical (unpaired) electrons. The van der Waals surface area contributed by atoms with Crippen LogP contribution in [0.2, 0.25) is 0 Å². The van der Waals surface area contributed by atoms with Crippen molar-refractivity contribution in [1.29, 1.82) is 0 Å². The van der Waals surface area contributed by atoms with Gasteiger partial charge in [-0.05, 0) is 47.9 Å². The lowest BCUT2D eigenvalue weighted by molar-refractivity contribution is -0.0820. The molecule has 1 atom stereocenters. The van der Waals surface area contributed by atoms with Gasteiger partial charge in [-0.1, -0.05) is 103 Å². The van der Waals surface area contributed by atoms with E-state index in [-0.39, 0.29) is 11.4 Å². The number of benzene rings is 4. The van der Waals surface area contributed by atoms with E-state index in [1.165, 1.54) is 22.3 Å². The van der Waals surface area contributed by atoms with Crippen molar-refractivity contribution in [2.24, 2.45) is 0 Å². The van der Waals surface area contributed by atoms with Gasteiger partial charge in [-0.15, -0.1) is 0 Å². The maximum absolute atomic E-state index is 13.4. The van der Waals surface area contributed by atoms with Crippen molar-refractivity contribution in [3.05, 3.63) is 143 Å². The van der Waals surface area contributed by atoms with Crippen LogP contribution in [-0.4, -0.2) is 66.4 Å². The molecule has 0 bridgehead atoms. The van der Waals surface area contributed by atoms with Crippen LogP contribution in [-0.2, 0) is 12.0 Å². The van der Waals surface area contributed by atoms with E-state index in [0.717, 1.165) is 44.7 Å². The van der Waals surface area contributed by atoms with Gasteiger partial charge in [0.15, 0.2) is 0 Å². The number of hydrogen-bond donors (Lipinski definition) is 0. The summed E-state index contributed by atoms with van der Waals surface area (Å²) in [6.45, 7) is 4.30. The molecular weight excluding hydrogens is 466 g/mol. The van der Waals surface area contributed by atoms with Crippen molar-refractivity contribution in [1.82, 2.24) is 14.7 Å². The second-order valence-electron chi connectivity index (χ2n) is 10.6. The second kappa shape index (κ2) is 10.6. The molecule has 4 aromatic rings.